The van der Waals surface area contributed by atoms with E-state index in [4.69, 9.17) is 10.00 Å². The topological polar surface area (TPSA) is 92.3 Å². The number of nitrogens with one attached hydrogen (secondary N) is 1. The fraction of sp³-hybridized carbons (Fsp3) is 0.100. The Morgan fingerprint density at radius 2 is 2.00 bits per heavy atom. The summed E-state index contributed by atoms with van der Waals surface area (Å²) >= 11 is 0. The number of hydrazone groups is 1. The highest BCUT2D eigenvalue weighted by Gasteiger charge is 2.05. The predicted octanol–water partition coefficient (Wildman–Crippen LogP) is 2.33. The summed E-state index contributed by atoms with van der Waals surface area (Å²) in [5.74, 6) is -0.0583. The predicted molar refractivity (Wildman–Crippen MR) is 100 cm³/mol. The summed E-state index contributed by atoms with van der Waals surface area (Å²) in [4.78, 5) is 11.8. The van der Waals surface area contributed by atoms with E-state index in [0.29, 0.717) is 17.9 Å². The molecule has 7 heteroatoms. The fourth-order valence-corrected chi connectivity index (χ4v) is 2.34. The first-order valence-corrected chi connectivity index (χ1v) is 8.25. The minimum Gasteiger partial charge on any atom is -0.482 e. The zero-order valence-electron chi connectivity index (χ0n) is 14.4. The van der Waals surface area contributed by atoms with Crippen LogP contribution in [0.5, 0.6) is 5.75 Å². The smallest absolute Gasteiger partial charge is 0.277 e. The van der Waals surface area contributed by atoms with Gasteiger partial charge in [-0.25, -0.2) is 5.43 Å². The van der Waals surface area contributed by atoms with Crippen LogP contribution >= 0.6 is 0 Å². The monoisotopic (exact) mass is 359 g/mol. The highest BCUT2D eigenvalue weighted by Crippen LogP contribution is 2.16. The van der Waals surface area contributed by atoms with Gasteiger partial charge in [-0.2, -0.15) is 15.5 Å². The van der Waals surface area contributed by atoms with E-state index in [-0.39, 0.29) is 6.61 Å². The second kappa shape index (κ2) is 8.97. The molecule has 0 aliphatic rings. The summed E-state index contributed by atoms with van der Waals surface area (Å²) < 4.78 is 7.13. The number of carbonyl (C=O) groups excluding carboxylic acids is 1. The third-order valence-electron chi connectivity index (χ3n) is 3.61. The van der Waals surface area contributed by atoms with Gasteiger partial charge in [0.1, 0.15) is 11.8 Å². The summed E-state index contributed by atoms with van der Waals surface area (Å²) in [5, 5.41) is 17.1. The van der Waals surface area contributed by atoms with Crippen LogP contribution in [0.1, 0.15) is 16.7 Å². The summed E-state index contributed by atoms with van der Waals surface area (Å²) in [7, 11) is 0. The molecule has 7 nitrogen and oxygen atoms in total. The second-order valence-corrected chi connectivity index (χ2v) is 5.65. The van der Waals surface area contributed by atoms with Gasteiger partial charge in [-0.15, -0.1) is 0 Å². The average molecular weight is 359 g/mol. The van der Waals surface area contributed by atoms with Crippen LogP contribution in [0.25, 0.3) is 0 Å². The number of nitrogens with zero attached hydrogens (tertiary/aromatic N) is 4. The van der Waals surface area contributed by atoms with Crippen molar-refractivity contribution in [1.82, 2.24) is 15.2 Å². The van der Waals surface area contributed by atoms with E-state index in [1.807, 2.05) is 42.6 Å². The third kappa shape index (κ3) is 5.28. The average Bonchev–Trinajstić information content (AvgIpc) is 3.14. The lowest BCUT2D eigenvalue weighted by atomic mass is 10.2. The second-order valence-electron chi connectivity index (χ2n) is 5.65. The summed E-state index contributed by atoms with van der Waals surface area (Å²) in [6.45, 7) is 0.427. The molecule has 2 aromatic carbocycles. The van der Waals surface area contributed by atoms with Gasteiger partial charge < -0.3 is 4.74 Å². The molecule has 0 aliphatic heterocycles. The minimum atomic E-state index is -0.421. The molecule has 0 saturated carbocycles. The van der Waals surface area contributed by atoms with Crippen LogP contribution in [0.15, 0.2) is 72.1 Å². The van der Waals surface area contributed by atoms with Crippen LogP contribution in [0.2, 0.25) is 0 Å². The number of benzene rings is 2. The third-order valence-corrected chi connectivity index (χ3v) is 3.61. The van der Waals surface area contributed by atoms with Crippen molar-refractivity contribution in [2.24, 2.45) is 5.10 Å². The van der Waals surface area contributed by atoms with Crippen LogP contribution in [0.4, 0.5) is 0 Å². The van der Waals surface area contributed by atoms with E-state index in [0.717, 1.165) is 11.1 Å². The van der Waals surface area contributed by atoms with Gasteiger partial charge in [-0.1, -0.05) is 42.5 Å². The van der Waals surface area contributed by atoms with Gasteiger partial charge >= 0.3 is 0 Å². The van der Waals surface area contributed by atoms with Gasteiger partial charge in [0.2, 0.25) is 0 Å². The Hall–Kier alpha value is -3.92. The molecule has 0 bridgehead atoms. The Balaban J connectivity index is 1.47. The zero-order valence-corrected chi connectivity index (χ0v) is 14.4. The number of ether oxygens (including phenoxy) is 1. The lowest BCUT2D eigenvalue weighted by Crippen LogP contribution is -2.24. The Morgan fingerprint density at radius 1 is 1.22 bits per heavy atom. The lowest BCUT2D eigenvalue weighted by molar-refractivity contribution is -0.123. The highest BCUT2D eigenvalue weighted by molar-refractivity contribution is 5.82. The molecule has 0 radical (unpaired) electrons. The number of amides is 1. The van der Waals surface area contributed by atoms with E-state index in [1.54, 1.807) is 35.1 Å². The van der Waals surface area contributed by atoms with Gasteiger partial charge in [0.15, 0.2) is 6.61 Å². The van der Waals surface area contributed by atoms with Crippen LogP contribution in [-0.4, -0.2) is 28.5 Å². The fourth-order valence-electron chi connectivity index (χ4n) is 2.34. The first-order valence-electron chi connectivity index (χ1n) is 8.25. The minimum absolute atomic E-state index is 0.233. The van der Waals surface area contributed by atoms with Crippen molar-refractivity contribution in [3.63, 3.8) is 0 Å². The van der Waals surface area contributed by atoms with Crippen LogP contribution in [-0.2, 0) is 11.3 Å². The Labute approximate surface area is 156 Å². The van der Waals surface area contributed by atoms with Gasteiger partial charge in [-0.3, -0.25) is 9.48 Å². The molecule has 0 fully saturated rings. The maximum Gasteiger partial charge on any atom is 0.277 e. The summed E-state index contributed by atoms with van der Waals surface area (Å²) in [6.07, 6.45) is 5.01. The van der Waals surface area contributed by atoms with Gasteiger partial charge in [0.25, 0.3) is 5.91 Å². The molecule has 27 heavy (non-hydrogen) atoms. The van der Waals surface area contributed by atoms with Crippen LogP contribution in [0, 0.1) is 11.3 Å². The summed E-state index contributed by atoms with van der Waals surface area (Å²) in [6, 6.07) is 18.7. The van der Waals surface area contributed by atoms with E-state index >= 15 is 0 Å². The van der Waals surface area contributed by atoms with Crippen molar-refractivity contribution in [3.8, 4) is 11.8 Å². The largest absolute Gasteiger partial charge is 0.482 e. The number of carbonyl (C=O) groups is 1. The Bertz CT molecular complexity index is 973. The van der Waals surface area contributed by atoms with Crippen molar-refractivity contribution >= 4 is 12.1 Å². The van der Waals surface area contributed by atoms with Crippen LogP contribution in [0.3, 0.4) is 0 Å². The van der Waals surface area contributed by atoms with E-state index in [9.17, 15) is 4.79 Å². The zero-order chi connectivity index (χ0) is 18.9. The maximum atomic E-state index is 11.8. The standard InChI is InChI=1S/C20H17N5O2/c21-10-18-8-4-5-9-19(18)27-15-20(26)24-22-11-17-12-23-25(14-17)13-16-6-2-1-3-7-16/h1-9,11-12,14H,13,15H2,(H,24,26)/b22-11-. The number of para-hydroxylation sites is 1. The van der Waals surface area contributed by atoms with Crippen molar-refractivity contribution in [2.75, 3.05) is 6.61 Å². The highest BCUT2D eigenvalue weighted by atomic mass is 16.5. The van der Waals surface area contributed by atoms with Crippen molar-refractivity contribution in [2.45, 2.75) is 6.54 Å². The Kier molecular flexibility index (Phi) is 5.94. The molecular formula is C20H17N5O2. The number of nitriles is 1. The molecule has 1 heterocycles. The first kappa shape index (κ1) is 17.9. The van der Waals surface area contributed by atoms with Gasteiger partial charge in [0.05, 0.1) is 24.5 Å². The number of hydrogen-bond donors (Lipinski definition) is 1. The first-order chi connectivity index (χ1) is 13.2. The van der Waals surface area contributed by atoms with Crippen molar-refractivity contribution < 1.29 is 9.53 Å². The number of hydrogen-bond acceptors (Lipinski definition) is 5. The molecule has 1 N–H and O–H groups in total. The van der Waals surface area contributed by atoms with Gasteiger partial charge in [0, 0.05) is 11.8 Å². The SMILES string of the molecule is N#Cc1ccccc1OCC(=O)N/N=C\c1cnn(Cc2ccccc2)c1. The maximum absolute atomic E-state index is 11.8. The molecule has 1 amide bonds. The number of rotatable bonds is 7. The molecular weight excluding hydrogens is 342 g/mol. The van der Waals surface area contributed by atoms with E-state index < -0.39 is 5.91 Å². The van der Waals surface area contributed by atoms with Crippen molar-refractivity contribution in [1.29, 1.82) is 5.26 Å². The molecule has 0 atom stereocenters. The normalized spacial score (nSPS) is 10.5. The molecule has 3 rings (SSSR count). The molecule has 3 aromatic rings. The summed E-state index contributed by atoms with van der Waals surface area (Å²) in [5.41, 5.74) is 4.67. The van der Waals surface area contributed by atoms with Gasteiger partial charge in [-0.05, 0) is 17.7 Å². The van der Waals surface area contributed by atoms with E-state index in [2.05, 4.69) is 15.6 Å². The molecule has 0 saturated heterocycles. The van der Waals surface area contributed by atoms with Crippen molar-refractivity contribution in [3.05, 3.63) is 83.7 Å². The quantitative estimate of drug-likeness (QED) is 0.518. The molecule has 0 unspecified atom stereocenters. The van der Waals surface area contributed by atoms with Crippen LogP contribution < -0.4 is 10.2 Å². The molecule has 0 spiro atoms. The lowest BCUT2D eigenvalue weighted by Gasteiger charge is -2.05. The van der Waals surface area contributed by atoms with E-state index in [1.165, 1.54) is 6.21 Å². The number of aromatic nitrogens is 2. The molecule has 134 valence electrons. The Morgan fingerprint density at radius 3 is 2.81 bits per heavy atom. The molecule has 1 aromatic heterocycles. The molecule has 0 aliphatic carbocycles.